The molecule has 0 radical (unpaired) electrons. The van der Waals surface area contributed by atoms with Gasteiger partial charge in [-0.2, -0.15) is 5.26 Å². The Hall–Kier alpha value is -3.84. The molecule has 4 nitrogen and oxygen atoms in total. The number of rotatable bonds is 6. The lowest BCUT2D eigenvalue weighted by molar-refractivity contribution is 0.832. The van der Waals surface area contributed by atoms with Crippen LogP contribution in [-0.2, 0) is 6.54 Å². The van der Waals surface area contributed by atoms with E-state index in [1.165, 1.54) is 16.7 Å². The fraction of sp³-hybridized carbons (Fsp3) is 0.185. The van der Waals surface area contributed by atoms with Crippen LogP contribution in [0.4, 0.5) is 5.69 Å². The third-order valence-corrected chi connectivity index (χ3v) is 5.64. The first-order valence-corrected chi connectivity index (χ1v) is 10.6. The molecule has 3 aromatic carbocycles. The van der Waals surface area contributed by atoms with Crippen LogP contribution >= 0.6 is 0 Å². The average molecular weight is 407 g/mol. The van der Waals surface area contributed by atoms with Crippen molar-refractivity contribution in [3.05, 3.63) is 94.8 Å². The van der Waals surface area contributed by atoms with Crippen LogP contribution in [0.15, 0.2) is 66.7 Å². The van der Waals surface area contributed by atoms with E-state index >= 15 is 0 Å². The summed E-state index contributed by atoms with van der Waals surface area (Å²) in [6.45, 7) is 8.10. The van der Waals surface area contributed by atoms with Gasteiger partial charge in [0.15, 0.2) is 0 Å². The summed E-state index contributed by atoms with van der Waals surface area (Å²) >= 11 is 0. The Balaban J connectivity index is 1.58. The van der Waals surface area contributed by atoms with Crippen molar-refractivity contribution in [3.8, 4) is 6.07 Å². The van der Waals surface area contributed by atoms with Gasteiger partial charge < -0.3 is 9.88 Å². The number of allylic oxidation sites excluding steroid dienone is 1. The minimum absolute atomic E-state index is 0.524. The van der Waals surface area contributed by atoms with E-state index in [4.69, 9.17) is 0 Å². The topological polar surface area (TPSA) is 55.7 Å². The van der Waals surface area contributed by atoms with Crippen LogP contribution in [0.1, 0.15) is 35.0 Å². The zero-order chi connectivity index (χ0) is 21.8. The molecule has 0 unspecified atom stereocenters. The summed E-state index contributed by atoms with van der Waals surface area (Å²) in [7, 11) is 0. The van der Waals surface area contributed by atoms with Crippen LogP contribution in [-0.4, -0.2) is 16.5 Å². The van der Waals surface area contributed by atoms with Crippen LogP contribution < -0.4 is 4.90 Å². The van der Waals surface area contributed by atoms with Gasteiger partial charge >= 0.3 is 0 Å². The van der Waals surface area contributed by atoms with E-state index in [-0.39, 0.29) is 0 Å². The van der Waals surface area contributed by atoms with Gasteiger partial charge in [0.1, 0.15) is 11.9 Å². The van der Waals surface area contributed by atoms with Crippen LogP contribution in [0.3, 0.4) is 0 Å². The molecule has 0 spiro atoms. The normalized spacial score (nSPS) is 11.5. The summed E-state index contributed by atoms with van der Waals surface area (Å²) in [5, 5.41) is 9.73. The molecule has 0 saturated heterocycles. The van der Waals surface area contributed by atoms with Crippen LogP contribution in [0.2, 0.25) is 0 Å². The van der Waals surface area contributed by atoms with Gasteiger partial charge in [-0.25, -0.2) is 4.98 Å². The number of anilines is 1. The highest BCUT2D eigenvalue weighted by atomic mass is 15.1. The number of aromatic amines is 1. The maximum atomic E-state index is 9.73. The third-order valence-electron chi connectivity index (χ3n) is 5.64. The van der Waals surface area contributed by atoms with E-state index in [1.54, 1.807) is 0 Å². The molecular weight excluding hydrogens is 380 g/mol. The summed E-state index contributed by atoms with van der Waals surface area (Å²) in [6.07, 6.45) is 1.88. The van der Waals surface area contributed by atoms with Gasteiger partial charge in [-0.15, -0.1) is 0 Å². The Labute approximate surface area is 183 Å². The number of imidazole rings is 1. The molecule has 4 rings (SSSR count). The number of nitrogens with zero attached hydrogens (tertiary/aromatic N) is 3. The SMILES string of the molecule is CCN(Cc1ccccc1)c1ccc(/C=C(/C#N)c2nc3cc(C)c(C)cc3[nH]2)cc1. The monoisotopic (exact) mass is 406 g/mol. The van der Waals surface area contributed by atoms with Gasteiger partial charge in [-0.3, -0.25) is 0 Å². The molecular formula is C27H26N4. The summed E-state index contributed by atoms with van der Waals surface area (Å²) in [4.78, 5) is 10.3. The van der Waals surface area contributed by atoms with Crippen molar-refractivity contribution in [2.24, 2.45) is 0 Å². The quantitative estimate of drug-likeness (QED) is 0.384. The highest BCUT2D eigenvalue weighted by Crippen LogP contribution is 2.23. The zero-order valence-corrected chi connectivity index (χ0v) is 18.2. The molecule has 1 heterocycles. The Morgan fingerprint density at radius 2 is 1.74 bits per heavy atom. The van der Waals surface area contributed by atoms with E-state index in [1.807, 2.05) is 12.1 Å². The number of aryl methyl sites for hydroxylation is 2. The first-order valence-electron chi connectivity index (χ1n) is 10.6. The first kappa shape index (κ1) is 20.4. The molecule has 0 saturated carbocycles. The van der Waals surface area contributed by atoms with Gasteiger partial charge in [0.25, 0.3) is 0 Å². The number of hydrogen-bond donors (Lipinski definition) is 1. The summed E-state index contributed by atoms with van der Waals surface area (Å²) in [5.41, 5.74) is 8.19. The third kappa shape index (κ3) is 4.51. The number of fused-ring (bicyclic) bond motifs is 1. The second kappa shape index (κ2) is 8.89. The first-order chi connectivity index (χ1) is 15.1. The van der Waals surface area contributed by atoms with Gasteiger partial charge in [0.05, 0.1) is 16.6 Å². The fourth-order valence-corrected chi connectivity index (χ4v) is 3.69. The average Bonchev–Trinajstić information content (AvgIpc) is 3.19. The van der Waals surface area contributed by atoms with Gasteiger partial charge in [0.2, 0.25) is 0 Å². The van der Waals surface area contributed by atoms with Crippen molar-refractivity contribution >= 4 is 28.4 Å². The molecule has 31 heavy (non-hydrogen) atoms. The number of aromatic nitrogens is 2. The van der Waals surface area contributed by atoms with Crippen molar-refractivity contribution in [3.63, 3.8) is 0 Å². The molecule has 154 valence electrons. The molecule has 0 aliphatic heterocycles. The highest BCUT2D eigenvalue weighted by Gasteiger charge is 2.10. The van der Waals surface area contributed by atoms with E-state index in [9.17, 15) is 5.26 Å². The van der Waals surface area contributed by atoms with Crippen molar-refractivity contribution in [2.75, 3.05) is 11.4 Å². The van der Waals surface area contributed by atoms with E-state index < -0.39 is 0 Å². The van der Waals surface area contributed by atoms with Gasteiger partial charge in [0, 0.05) is 18.8 Å². The summed E-state index contributed by atoms with van der Waals surface area (Å²) < 4.78 is 0. The van der Waals surface area contributed by atoms with Crippen molar-refractivity contribution in [1.82, 2.24) is 9.97 Å². The molecule has 4 heteroatoms. The lowest BCUT2D eigenvalue weighted by Crippen LogP contribution is -2.21. The minimum atomic E-state index is 0.524. The predicted octanol–water partition coefficient (Wildman–Crippen LogP) is 6.27. The van der Waals surface area contributed by atoms with Crippen molar-refractivity contribution in [2.45, 2.75) is 27.3 Å². The maximum Gasteiger partial charge on any atom is 0.149 e. The highest BCUT2D eigenvalue weighted by molar-refractivity contribution is 5.90. The number of benzene rings is 3. The fourth-order valence-electron chi connectivity index (χ4n) is 3.69. The van der Waals surface area contributed by atoms with Crippen LogP contribution in [0.25, 0.3) is 22.7 Å². The summed E-state index contributed by atoms with van der Waals surface area (Å²) in [5.74, 6) is 0.603. The largest absolute Gasteiger partial charge is 0.367 e. The number of H-pyrrole nitrogens is 1. The Kier molecular flexibility index (Phi) is 5.86. The Morgan fingerprint density at radius 3 is 2.42 bits per heavy atom. The molecule has 0 atom stereocenters. The number of nitrogens with one attached hydrogen (secondary N) is 1. The minimum Gasteiger partial charge on any atom is -0.367 e. The molecule has 4 aromatic rings. The Bertz CT molecular complexity index is 1220. The molecule has 1 N–H and O–H groups in total. The maximum absolute atomic E-state index is 9.73. The zero-order valence-electron chi connectivity index (χ0n) is 18.2. The lowest BCUT2D eigenvalue weighted by atomic mass is 10.1. The van der Waals surface area contributed by atoms with E-state index in [0.717, 1.165) is 35.4 Å². The van der Waals surface area contributed by atoms with E-state index in [0.29, 0.717) is 11.4 Å². The lowest BCUT2D eigenvalue weighted by Gasteiger charge is -2.23. The number of hydrogen-bond acceptors (Lipinski definition) is 3. The Morgan fingerprint density at radius 1 is 1.03 bits per heavy atom. The van der Waals surface area contributed by atoms with E-state index in [2.05, 4.69) is 102 Å². The molecule has 0 amide bonds. The smallest absolute Gasteiger partial charge is 0.149 e. The number of nitriles is 1. The molecule has 1 aromatic heterocycles. The molecule has 0 fully saturated rings. The van der Waals surface area contributed by atoms with Gasteiger partial charge in [-0.05, 0) is 73.4 Å². The molecule has 0 bridgehead atoms. The van der Waals surface area contributed by atoms with Crippen LogP contribution in [0.5, 0.6) is 0 Å². The second-order valence-electron chi connectivity index (χ2n) is 7.80. The van der Waals surface area contributed by atoms with Gasteiger partial charge in [-0.1, -0.05) is 42.5 Å². The standard InChI is InChI=1S/C27H26N4/c1-4-31(18-22-8-6-5-7-9-22)24-12-10-21(11-13-24)16-23(17-28)27-29-25-14-19(2)20(3)15-26(25)30-27/h5-16H,4,18H2,1-3H3,(H,29,30)/b23-16-. The second-order valence-corrected chi connectivity index (χ2v) is 7.80. The van der Waals surface area contributed by atoms with Crippen molar-refractivity contribution < 1.29 is 0 Å². The summed E-state index contributed by atoms with van der Waals surface area (Å²) in [6, 6.07) is 25.2. The van der Waals surface area contributed by atoms with Crippen molar-refractivity contribution in [1.29, 1.82) is 5.26 Å². The molecule has 0 aliphatic rings. The molecule has 0 aliphatic carbocycles. The predicted molar refractivity (Wildman–Crippen MR) is 129 cm³/mol. The van der Waals surface area contributed by atoms with Crippen LogP contribution in [0, 0.1) is 25.2 Å².